The number of aromatic nitrogens is 1. The molecule has 0 saturated heterocycles. The van der Waals surface area contributed by atoms with Gasteiger partial charge in [-0.25, -0.2) is 4.98 Å². The zero-order valence-electron chi connectivity index (χ0n) is 9.63. The summed E-state index contributed by atoms with van der Waals surface area (Å²) < 4.78 is 11.9. The van der Waals surface area contributed by atoms with Crippen LogP contribution in [0.3, 0.4) is 0 Å². The van der Waals surface area contributed by atoms with Gasteiger partial charge in [-0.05, 0) is 34.1 Å². The first-order valence-electron chi connectivity index (χ1n) is 5.49. The average Bonchev–Trinajstić information content (AvgIpc) is 2.79. The summed E-state index contributed by atoms with van der Waals surface area (Å²) in [4.78, 5) is 4.12. The first kappa shape index (κ1) is 11.8. The summed E-state index contributed by atoms with van der Waals surface area (Å²) in [6.07, 6.45) is 1.63. The van der Waals surface area contributed by atoms with Gasteiger partial charge in [-0.2, -0.15) is 5.26 Å². The Hall–Kier alpha value is -2.32. The predicted octanol–water partition coefficient (Wildman–Crippen LogP) is 4.25. The molecule has 0 aliphatic carbocycles. The van der Waals surface area contributed by atoms with Crippen LogP contribution in [0.2, 0.25) is 0 Å². The lowest BCUT2D eigenvalue weighted by Crippen LogP contribution is -1.88. The molecule has 0 amide bonds. The van der Waals surface area contributed by atoms with Gasteiger partial charge < -0.3 is 9.15 Å². The second-order valence-electron chi connectivity index (χ2n) is 3.78. The van der Waals surface area contributed by atoms with Gasteiger partial charge in [0.15, 0.2) is 5.75 Å². The lowest BCUT2D eigenvalue weighted by atomic mass is 10.2. The van der Waals surface area contributed by atoms with Crippen molar-refractivity contribution in [2.45, 2.75) is 0 Å². The maximum Gasteiger partial charge on any atom is 0.247 e. The van der Waals surface area contributed by atoms with Crippen molar-refractivity contribution >= 4 is 26.9 Å². The van der Waals surface area contributed by atoms with Crippen molar-refractivity contribution in [2.24, 2.45) is 0 Å². The van der Waals surface area contributed by atoms with Crippen LogP contribution in [0, 0.1) is 11.3 Å². The van der Waals surface area contributed by atoms with Gasteiger partial charge in [-0.1, -0.05) is 12.1 Å². The van der Waals surface area contributed by atoms with Crippen LogP contribution >= 0.6 is 15.9 Å². The van der Waals surface area contributed by atoms with E-state index in [1.54, 1.807) is 18.3 Å². The molecule has 0 fully saturated rings. The van der Waals surface area contributed by atoms with Gasteiger partial charge in [-0.15, -0.1) is 0 Å². The summed E-state index contributed by atoms with van der Waals surface area (Å²) in [6.45, 7) is 0. The molecule has 0 N–H and O–H groups in total. The molecule has 0 unspecified atom stereocenters. The fourth-order valence-corrected chi connectivity index (χ4v) is 1.96. The van der Waals surface area contributed by atoms with Gasteiger partial charge in [0.2, 0.25) is 11.6 Å². The van der Waals surface area contributed by atoms with Crippen molar-refractivity contribution in [3.8, 4) is 17.7 Å². The Morgan fingerprint density at radius 2 is 2.05 bits per heavy atom. The molecule has 4 nitrogen and oxygen atoms in total. The quantitative estimate of drug-likeness (QED) is 0.709. The number of benzene rings is 1. The first-order valence-corrected chi connectivity index (χ1v) is 6.28. The molecule has 0 atom stereocenters. The minimum Gasteiger partial charge on any atom is -0.442 e. The maximum atomic E-state index is 9.09. The number of halogens is 1. The van der Waals surface area contributed by atoms with Crippen LogP contribution in [0.4, 0.5) is 0 Å². The third kappa shape index (κ3) is 2.18. The number of ether oxygens (including phenoxy) is 1. The van der Waals surface area contributed by atoms with Crippen molar-refractivity contribution in [2.75, 3.05) is 0 Å². The number of hydrogen-bond donors (Lipinski definition) is 0. The number of fused-ring (bicyclic) bond motifs is 1. The number of nitriles is 1. The van der Waals surface area contributed by atoms with E-state index in [1.807, 2.05) is 30.3 Å². The number of nitrogens with zero attached hydrogens (tertiary/aromatic N) is 2. The maximum absolute atomic E-state index is 9.09. The van der Waals surface area contributed by atoms with Crippen LogP contribution in [0.1, 0.15) is 5.76 Å². The molecule has 92 valence electrons. The Labute approximate surface area is 117 Å². The summed E-state index contributed by atoms with van der Waals surface area (Å²) in [5.41, 5.74) is 0.617. The second-order valence-corrected chi connectivity index (χ2v) is 4.70. The van der Waals surface area contributed by atoms with E-state index < -0.39 is 0 Å². The molecule has 0 bridgehead atoms. The molecule has 1 aromatic carbocycles. The molecule has 5 heteroatoms. The number of rotatable bonds is 2. The molecule has 19 heavy (non-hydrogen) atoms. The van der Waals surface area contributed by atoms with E-state index in [9.17, 15) is 0 Å². The van der Waals surface area contributed by atoms with Crippen LogP contribution in [-0.4, -0.2) is 4.98 Å². The lowest BCUT2D eigenvalue weighted by molar-refractivity contribution is 0.450. The molecule has 2 heterocycles. The highest BCUT2D eigenvalue weighted by Crippen LogP contribution is 2.35. The van der Waals surface area contributed by atoms with Crippen LogP contribution in [0.25, 0.3) is 11.0 Å². The molecule has 2 aromatic heterocycles. The number of pyridine rings is 1. The first-order chi connectivity index (χ1) is 9.28. The highest BCUT2D eigenvalue weighted by atomic mass is 79.9. The predicted molar refractivity (Wildman–Crippen MR) is 72.9 cm³/mol. The highest BCUT2D eigenvalue weighted by molar-refractivity contribution is 9.10. The SMILES string of the molecule is N#Cc1oc2ccccc2c1Oc1ccc(Br)cn1. The standard InChI is InChI=1S/C14H7BrN2O2/c15-9-5-6-13(17-8-9)19-14-10-3-1-2-4-11(10)18-12(14)7-16/h1-6,8H. The van der Waals surface area contributed by atoms with E-state index in [0.717, 1.165) is 9.86 Å². The monoisotopic (exact) mass is 314 g/mol. The summed E-state index contributed by atoms with van der Waals surface area (Å²) in [5.74, 6) is 0.949. The fraction of sp³-hybridized carbons (Fsp3) is 0. The molecular weight excluding hydrogens is 308 g/mol. The van der Waals surface area contributed by atoms with Gasteiger partial charge in [0.25, 0.3) is 0 Å². The van der Waals surface area contributed by atoms with Crippen molar-refractivity contribution in [3.05, 3.63) is 52.8 Å². The van der Waals surface area contributed by atoms with Crippen LogP contribution in [0.15, 0.2) is 51.5 Å². The van der Waals surface area contributed by atoms with Crippen molar-refractivity contribution in [3.63, 3.8) is 0 Å². The minimum absolute atomic E-state index is 0.144. The van der Waals surface area contributed by atoms with Gasteiger partial charge >= 0.3 is 0 Å². The zero-order chi connectivity index (χ0) is 13.2. The normalized spacial score (nSPS) is 10.3. The Balaban J connectivity index is 2.09. The largest absolute Gasteiger partial charge is 0.442 e. The Bertz CT molecular complexity index is 772. The summed E-state index contributed by atoms with van der Waals surface area (Å²) in [7, 11) is 0. The van der Waals surface area contributed by atoms with Gasteiger partial charge in [-0.3, -0.25) is 0 Å². The van der Waals surface area contributed by atoms with Crippen LogP contribution in [0.5, 0.6) is 11.6 Å². The van der Waals surface area contributed by atoms with E-state index in [4.69, 9.17) is 14.4 Å². The molecule has 0 spiro atoms. The summed E-state index contributed by atoms with van der Waals surface area (Å²) in [5, 5.41) is 9.84. The summed E-state index contributed by atoms with van der Waals surface area (Å²) in [6, 6.07) is 12.9. The van der Waals surface area contributed by atoms with Gasteiger partial charge in [0.1, 0.15) is 11.7 Å². The Kier molecular flexibility index (Phi) is 2.94. The Morgan fingerprint density at radius 1 is 1.21 bits per heavy atom. The topological polar surface area (TPSA) is 59.0 Å². The van der Waals surface area contributed by atoms with Crippen molar-refractivity contribution in [1.82, 2.24) is 4.98 Å². The summed E-state index contributed by atoms with van der Waals surface area (Å²) >= 11 is 3.30. The van der Waals surface area contributed by atoms with Crippen molar-refractivity contribution < 1.29 is 9.15 Å². The van der Waals surface area contributed by atoms with E-state index in [0.29, 0.717) is 17.2 Å². The number of para-hydroxylation sites is 1. The van der Waals surface area contributed by atoms with E-state index in [1.165, 1.54) is 0 Å². The van der Waals surface area contributed by atoms with Gasteiger partial charge in [0.05, 0.1) is 5.39 Å². The van der Waals surface area contributed by atoms with E-state index >= 15 is 0 Å². The molecule has 0 aliphatic heterocycles. The Morgan fingerprint density at radius 3 is 2.79 bits per heavy atom. The molecule has 3 aromatic rings. The van der Waals surface area contributed by atoms with E-state index in [-0.39, 0.29) is 5.76 Å². The number of furan rings is 1. The lowest BCUT2D eigenvalue weighted by Gasteiger charge is -2.02. The van der Waals surface area contributed by atoms with E-state index in [2.05, 4.69) is 20.9 Å². The van der Waals surface area contributed by atoms with Crippen LogP contribution in [-0.2, 0) is 0 Å². The average molecular weight is 315 g/mol. The number of hydrogen-bond acceptors (Lipinski definition) is 4. The molecule has 0 aliphatic rings. The minimum atomic E-state index is 0.144. The third-order valence-corrected chi connectivity index (χ3v) is 3.03. The zero-order valence-corrected chi connectivity index (χ0v) is 11.2. The molecular formula is C14H7BrN2O2. The van der Waals surface area contributed by atoms with Crippen LogP contribution < -0.4 is 4.74 Å². The highest BCUT2D eigenvalue weighted by Gasteiger charge is 2.16. The van der Waals surface area contributed by atoms with Gasteiger partial charge in [0, 0.05) is 16.7 Å². The molecule has 0 radical (unpaired) electrons. The van der Waals surface area contributed by atoms with Crippen molar-refractivity contribution in [1.29, 1.82) is 5.26 Å². The third-order valence-electron chi connectivity index (χ3n) is 2.56. The smallest absolute Gasteiger partial charge is 0.247 e. The fourth-order valence-electron chi connectivity index (χ4n) is 1.72. The molecule has 0 saturated carbocycles. The second kappa shape index (κ2) is 4.75. The molecule has 3 rings (SSSR count).